The molecule has 6 heteroatoms. The first-order valence-corrected chi connectivity index (χ1v) is 6.78. The normalized spacial score (nSPS) is 10.3. The Kier molecular flexibility index (Phi) is 3.91. The van der Waals surface area contributed by atoms with E-state index in [4.69, 9.17) is 0 Å². The lowest BCUT2D eigenvalue weighted by Gasteiger charge is -2.09. The topological polar surface area (TPSA) is 67.4 Å². The third kappa shape index (κ3) is 2.22. The van der Waals surface area contributed by atoms with Gasteiger partial charge in [0.15, 0.2) is 5.82 Å². The van der Waals surface area contributed by atoms with Gasteiger partial charge >= 0.3 is 0 Å². The minimum atomic E-state index is 0.509. The summed E-state index contributed by atoms with van der Waals surface area (Å²) >= 11 is 2.17. The number of hydrogen-bond acceptors (Lipinski definition) is 4. The second-order valence-corrected chi connectivity index (χ2v) is 4.99. The van der Waals surface area contributed by atoms with E-state index in [1.165, 1.54) is 0 Å². The van der Waals surface area contributed by atoms with Crippen molar-refractivity contribution < 1.29 is 0 Å². The molecule has 0 spiro atoms. The highest BCUT2D eigenvalue weighted by Gasteiger charge is 2.16. The van der Waals surface area contributed by atoms with Gasteiger partial charge in [-0.05, 0) is 41.0 Å². The number of aromatic nitrogens is 4. The van der Waals surface area contributed by atoms with E-state index in [2.05, 4.69) is 44.0 Å². The Morgan fingerprint density at radius 1 is 1.33 bits per heavy atom. The van der Waals surface area contributed by atoms with Gasteiger partial charge in [0, 0.05) is 6.20 Å². The van der Waals surface area contributed by atoms with Crippen LogP contribution in [0, 0.1) is 14.9 Å². The van der Waals surface area contributed by atoms with Gasteiger partial charge in [-0.25, -0.2) is 4.68 Å². The highest BCUT2D eigenvalue weighted by molar-refractivity contribution is 14.1. The van der Waals surface area contributed by atoms with Crippen LogP contribution in [-0.4, -0.2) is 20.0 Å². The molecule has 0 atom stereocenters. The minimum absolute atomic E-state index is 0.509. The fraction of sp³-hybridized carbons (Fsp3) is 0.333. The van der Waals surface area contributed by atoms with Crippen LogP contribution in [0.5, 0.6) is 0 Å². The Labute approximate surface area is 119 Å². The standard InChI is InChI=1S/C12H12IN5/c1-3-9-10(5-14)12(17-16-11(9)4-2)18-7-8(13)6-15-18/h6-7H,3-4H2,1-2H3. The van der Waals surface area contributed by atoms with Crippen molar-refractivity contribution in [2.45, 2.75) is 26.7 Å². The predicted molar refractivity (Wildman–Crippen MR) is 75.3 cm³/mol. The zero-order valence-electron chi connectivity index (χ0n) is 10.2. The second-order valence-electron chi connectivity index (χ2n) is 3.75. The molecule has 18 heavy (non-hydrogen) atoms. The van der Waals surface area contributed by atoms with Crippen LogP contribution in [0.3, 0.4) is 0 Å². The van der Waals surface area contributed by atoms with Crippen molar-refractivity contribution in [3.63, 3.8) is 0 Å². The Morgan fingerprint density at radius 3 is 2.61 bits per heavy atom. The van der Waals surface area contributed by atoms with E-state index in [9.17, 15) is 5.26 Å². The summed E-state index contributed by atoms with van der Waals surface area (Å²) in [4.78, 5) is 0. The van der Waals surface area contributed by atoms with Crippen molar-refractivity contribution >= 4 is 22.6 Å². The molecule has 2 aromatic heterocycles. The zero-order chi connectivity index (χ0) is 13.1. The first kappa shape index (κ1) is 13.0. The van der Waals surface area contributed by atoms with Gasteiger partial charge in [0.2, 0.25) is 0 Å². The molecule has 0 saturated carbocycles. The Hall–Kier alpha value is -1.49. The molecule has 0 fully saturated rings. The van der Waals surface area contributed by atoms with Crippen LogP contribution in [0.1, 0.15) is 30.7 Å². The summed E-state index contributed by atoms with van der Waals surface area (Å²) in [5, 5.41) is 21.9. The van der Waals surface area contributed by atoms with Crippen LogP contribution in [0.2, 0.25) is 0 Å². The zero-order valence-corrected chi connectivity index (χ0v) is 12.3. The summed E-state index contributed by atoms with van der Waals surface area (Å²) in [6, 6.07) is 2.23. The molecule has 0 N–H and O–H groups in total. The fourth-order valence-electron chi connectivity index (χ4n) is 1.86. The summed E-state index contributed by atoms with van der Waals surface area (Å²) in [5.74, 6) is 0.509. The molecule has 0 bridgehead atoms. The molecular weight excluding hydrogens is 341 g/mol. The molecular formula is C12H12IN5. The summed E-state index contributed by atoms with van der Waals surface area (Å²) < 4.78 is 2.60. The highest BCUT2D eigenvalue weighted by atomic mass is 127. The smallest absolute Gasteiger partial charge is 0.193 e. The summed E-state index contributed by atoms with van der Waals surface area (Å²) in [5.41, 5.74) is 2.43. The largest absolute Gasteiger partial charge is 0.219 e. The quantitative estimate of drug-likeness (QED) is 0.794. The van der Waals surface area contributed by atoms with Crippen LogP contribution in [0.15, 0.2) is 12.4 Å². The van der Waals surface area contributed by atoms with Gasteiger partial charge in [0.05, 0.1) is 15.5 Å². The second kappa shape index (κ2) is 5.44. The van der Waals surface area contributed by atoms with Crippen molar-refractivity contribution in [1.29, 1.82) is 5.26 Å². The van der Waals surface area contributed by atoms with Crippen LogP contribution in [0.25, 0.3) is 5.82 Å². The lowest BCUT2D eigenvalue weighted by Crippen LogP contribution is -2.10. The number of aryl methyl sites for hydroxylation is 1. The first-order chi connectivity index (χ1) is 8.71. The average molecular weight is 353 g/mol. The Balaban J connectivity index is 2.66. The number of rotatable bonds is 3. The van der Waals surface area contributed by atoms with E-state index in [0.29, 0.717) is 11.4 Å². The number of nitriles is 1. The van der Waals surface area contributed by atoms with E-state index in [1.54, 1.807) is 10.9 Å². The lowest BCUT2D eigenvalue weighted by molar-refractivity contribution is 0.778. The maximum absolute atomic E-state index is 9.36. The number of nitrogens with zero attached hydrogens (tertiary/aromatic N) is 5. The van der Waals surface area contributed by atoms with Gasteiger partial charge < -0.3 is 0 Å². The monoisotopic (exact) mass is 353 g/mol. The van der Waals surface area contributed by atoms with Crippen LogP contribution in [-0.2, 0) is 12.8 Å². The van der Waals surface area contributed by atoms with Crippen LogP contribution in [0.4, 0.5) is 0 Å². The van der Waals surface area contributed by atoms with Gasteiger partial charge in [-0.15, -0.1) is 5.10 Å². The molecule has 0 aliphatic heterocycles. The molecule has 0 saturated heterocycles. The van der Waals surface area contributed by atoms with Crippen molar-refractivity contribution in [2.75, 3.05) is 0 Å². The summed E-state index contributed by atoms with van der Waals surface area (Å²) in [6.07, 6.45) is 5.11. The number of halogens is 1. The Morgan fingerprint density at radius 2 is 2.11 bits per heavy atom. The third-order valence-electron chi connectivity index (χ3n) is 2.71. The van der Waals surface area contributed by atoms with E-state index in [-0.39, 0.29) is 0 Å². The van der Waals surface area contributed by atoms with E-state index in [0.717, 1.165) is 27.7 Å². The van der Waals surface area contributed by atoms with Gasteiger partial charge in [0.25, 0.3) is 0 Å². The molecule has 0 radical (unpaired) electrons. The molecule has 5 nitrogen and oxygen atoms in total. The molecule has 0 unspecified atom stereocenters. The minimum Gasteiger partial charge on any atom is -0.219 e. The molecule has 2 rings (SSSR count). The molecule has 2 heterocycles. The van der Waals surface area contributed by atoms with Crippen LogP contribution >= 0.6 is 22.6 Å². The van der Waals surface area contributed by atoms with Gasteiger partial charge in [-0.1, -0.05) is 13.8 Å². The number of hydrogen-bond donors (Lipinski definition) is 0. The van der Waals surface area contributed by atoms with E-state index in [1.807, 2.05) is 20.0 Å². The average Bonchev–Trinajstić information content (AvgIpc) is 2.83. The predicted octanol–water partition coefficient (Wildman–Crippen LogP) is 2.26. The maximum atomic E-state index is 9.36. The van der Waals surface area contributed by atoms with Gasteiger partial charge in [-0.2, -0.15) is 15.5 Å². The van der Waals surface area contributed by atoms with Crippen molar-refractivity contribution in [3.8, 4) is 11.9 Å². The molecule has 92 valence electrons. The summed E-state index contributed by atoms with van der Waals surface area (Å²) in [7, 11) is 0. The van der Waals surface area contributed by atoms with Gasteiger partial charge in [0.1, 0.15) is 11.6 Å². The fourth-order valence-corrected chi connectivity index (χ4v) is 2.25. The van der Waals surface area contributed by atoms with E-state index < -0.39 is 0 Å². The van der Waals surface area contributed by atoms with Crippen molar-refractivity contribution in [2.24, 2.45) is 0 Å². The Bertz CT molecular complexity index is 611. The van der Waals surface area contributed by atoms with E-state index >= 15 is 0 Å². The van der Waals surface area contributed by atoms with Crippen molar-refractivity contribution in [3.05, 3.63) is 32.8 Å². The van der Waals surface area contributed by atoms with Crippen molar-refractivity contribution in [1.82, 2.24) is 20.0 Å². The molecule has 0 aliphatic carbocycles. The first-order valence-electron chi connectivity index (χ1n) is 5.70. The summed E-state index contributed by atoms with van der Waals surface area (Å²) in [6.45, 7) is 4.04. The van der Waals surface area contributed by atoms with Gasteiger partial charge in [-0.3, -0.25) is 0 Å². The highest BCUT2D eigenvalue weighted by Crippen LogP contribution is 2.19. The third-order valence-corrected chi connectivity index (χ3v) is 3.26. The molecule has 0 aromatic carbocycles. The molecule has 0 amide bonds. The van der Waals surface area contributed by atoms with Crippen LogP contribution < -0.4 is 0 Å². The SMILES string of the molecule is CCc1nnc(-n2cc(I)cn2)c(C#N)c1CC. The molecule has 0 aliphatic rings. The molecule has 2 aromatic rings. The lowest BCUT2D eigenvalue weighted by atomic mass is 10.0. The maximum Gasteiger partial charge on any atom is 0.193 e.